The fourth-order valence-corrected chi connectivity index (χ4v) is 2.46. The normalized spacial score (nSPS) is 21.5. The van der Waals surface area contributed by atoms with Gasteiger partial charge in [0, 0.05) is 12.5 Å². The van der Waals surface area contributed by atoms with Gasteiger partial charge in [0.2, 0.25) is 15.9 Å². The molecule has 17 heavy (non-hydrogen) atoms. The fourth-order valence-electron chi connectivity index (χ4n) is 1.80. The summed E-state index contributed by atoms with van der Waals surface area (Å²) in [6.07, 6.45) is 4.42. The maximum atomic E-state index is 11.5. The molecular formula is C11H22N2O3S. The van der Waals surface area contributed by atoms with E-state index >= 15 is 0 Å². The van der Waals surface area contributed by atoms with Crippen LogP contribution >= 0.6 is 0 Å². The zero-order chi connectivity index (χ0) is 12.9. The highest BCUT2D eigenvalue weighted by molar-refractivity contribution is 7.90. The van der Waals surface area contributed by atoms with Crippen molar-refractivity contribution in [2.75, 3.05) is 6.54 Å². The molecule has 1 amide bonds. The van der Waals surface area contributed by atoms with E-state index in [0.29, 0.717) is 12.5 Å². The van der Waals surface area contributed by atoms with Crippen molar-refractivity contribution in [3.63, 3.8) is 0 Å². The molecule has 1 saturated heterocycles. The van der Waals surface area contributed by atoms with Crippen molar-refractivity contribution >= 4 is 15.9 Å². The molecule has 0 spiro atoms. The van der Waals surface area contributed by atoms with Crippen LogP contribution in [-0.4, -0.2) is 32.2 Å². The summed E-state index contributed by atoms with van der Waals surface area (Å²) in [5.74, 6) is -0.397. The average molecular weight is 262 g/mol. The van der Waals surface area contributed by atoms with Gasteiger partial charge in [-0.1, -0.05) is 6.42 Å². The van der Waals surface area contributed by atoms with E-state index in [0.717, 1.165) is 13.0 Å². The molecular weight excluding hydrogens is 240 g/mol. The van der Waals surface area contributed by atoms with Crippen LogP contribution in [0, 0.1) is 0 Å². The molecule has 1 heterocycles. The van der Waals surface area contributed by atoms with Crippen LogP contribution in [0.4, 0.5) is 0 Å². The van der Waals surface area contributed by atoms with Gasteiger partial charge in [0.1, 0.15) is 0 Å². The highest BCUT2D eigenvalue weighted by atomic mass is 32.2. The molecule has 0 aromatic rings. The van der Waals surface area contributed by atoms with Crippen LogP contribution in [0.5, 0.6) is 0 Å². The van der Waals surface area contributed by atoms with E-state index in [1.807, 2.05) is 0 Å². The summed E-state index contributed by atoms with van der Waals surface area (Å²) in [5, 5.41) is 2.76. The van der Waals surface area contributed by atoms with E-state index in [1.165, 1.54) is 12.8 Å². The van der Waals surface area contributed by atoms with Gasteiger partial charge in [-0.3, -0.25) is 9.52 Å². The van der Waals surface area contributed by atoms with Crippen LogP contribution in [0.3, 0.4) is 0 Å². The molecule has 100 valence electrons. The minimum atomic E-state index is -3.47. The van der Waals surface area contributed by atoms with Crippen LogP contribution in [0.25, 0.3) is 0 Å². The first-order valence-corrected chi connectivity index (χ1v) is 7.74. The number of carbonyl (C=O) groups is 1. The summed E-state index contributed by atoms with van der Waals surface area (Å²) in [7, 11) is -3.47. The highest BCUT2D eigenvalue weighted by Crippen LogP contribution is 2.11. The summed E-state index contributed by atoms with van der Waals surface area (Å²) in [5.41, 5.74) is 0. The standard InChI is InChI=1S/C11H22N2O3S/c1-9(2)17(15,16)13-11(14)7-6-10-5-3-4-8-12-10/h9-10,12H,3-8H2,1-2H3,(H,13,14). The summed E-state index contributed by atoms with van der Waals surface area (Å²) >= 11 is 0. The molecule has 5 nitrogen and oxygen atoms in total. The SMILES string of the molecule is CC(C)S(=O)(=O)NC(=O)CCC1CCCCN1. The summed E-state index contributed by atoms with van der Waals surface area (Å²) in [4.78, 5) is 11.5. The molecule has 1 rings (SSSR count). The van der Waals surface area contributed by atoms with Gasteiger partial charge in [0.15, 0.2) is 0 Å². The van der Waals surface area contributed by atoms with Crippen molar-refractivity contribution < 1.29 is 13.2 Å². The topological polar surface area (TPSA) is 75.3 Å². The van der Waals surface area contributed by atoms with Crippen molar-refractivity contribution in [3.8, 4) is 0 Å². The second-order valence-corrected chi connectivity index (χ2v) is 7.04. The lowest BCUT2D eigenvalue weighted by Crippen LogP contribution is -2.38. The summed E-state index contributed by atoms with van der Waals surface area (Å²) in [6, 6.07) is 0.358. The number of sulfonamides is 1. The van der Waals surface area contributed by atoms with Gasteiger partial charge in [-0.25, -0.2) is 8.42 Å². The van der Waals surface area contributed by atoms with E-state index in [4.69, 9.17) is 0 Å². The Morgan fingerprint density at radius 3 is 2.65 bits per heavy atom. The van der Waals surface area contributed by atoms with E-state index < -0.39 is 21.2 Å². The Bertz CT molecular complexity index is 346. The second-order valence-electron chi connectivity index (χ2n) is 4.80. The summed E-state index contributed by atoms with van der Waals surface area (Å²) in [6.45, 7) is 4.10. The number of nitrogens with one attached hydrogen (secondary N) is 2. The van der Waals surface area contributed by atoms with Crippen LogP contribution in [0.1, 0.15) is 46.0 Å². The lowest BCUT2D eigenvalue weighted by atomic mass is 10.0. The van der Waals surface area contributed by atoms with Crippen LogP contribution in [0.15, 0.2) is 0 Å². The molecule has 0 saturated carbocycles. The first-order valence-electron chi connectivity index (χ1n) is 6.19. The number of hydrogen-bond acceptors (Lipinski definition) is 4. The van der Waals surface area contributed by atoms with Gasteiger partial charge < -0.3 is 5.32 Å². The molecule has 1 unspecified atom stereocenters. The molecule has 0 aliphatic carbocycles. The minimum absolute atomic E-state index is 0.267. The average Bonchev–Trinajstić information content (AvgIpc) is 2.27. The molecule has 1 aliphatic heterocycles. The molecule has 2 N–H and O–H groups in total. The Morgan fingerprint density at radius 2 is 2.12 bits per heavy atom. The summed E-state index contributed by atoms with van der Waals surface area (Å²) < 4.78 is 25.0. The smallest absolute Gasteiger partial charge is 0.237 e. The second kappa shape index (κ2) is 6.35. The first kappa shape index (κ1) is 14.4. The predicted molar refractivity (Wildman–Crippen MR) is 67.1 cm³/mol. The number of carbonyl (C=O) groups excluding carboxylic acids is 1. The molecule has 1 fully saturated rings. The maximum Gasteiger partial charge on any atom is 0.237 e. The van der Waals surface area contributed by atoms with Crippen LogP contribution < -0.4 is 10.0 Å². The molecule has 0 aromatic carbocycles. The maximum absolute atomic E-state index is 11.5. The van der Waals surface area contributed by atoms with Crippen molar-refractivity contribution in [1.82, 2.24) is 10.0 Å². The van der Waals surface area contributed by atoms with Crippen LogP contribution in [0.2, 0.25) is 0 Å². The lowest BCUT2D eigenvalue weighted by molar-refractivity contribution is -0.119. The van der Waals surface area contributed by atoms with Gasteiger partial charge in [0.25, 0.3) is 0 Å². The first-order chi connectivity index (χ1) is 7.92. The van der Waals surface area contributed by atoms with Crippen LogP contribution in [-0.2, 0) is 14.8 Å². The van der Waals surface area contributed by atoms with E-state index in [1.54, 1.807) is 13.8 Å². The largest absolute Gasteiger partial charge is 0.314 e. The number of amides is 1. The van der Waals surface area contributed by atoms with E-state index in [2.05, 4.69) is 10.0 Å². The van der Waals surface area contributed by atoms with E-state index in [-0.39, 0.29) is 6.42 Å². The fraction of sp³-hybridized carbons (Fsp3) is 0.909. The van der Waals surface area contributed by atoms with Gasteiger partial charge in [-0.15, -0.1) is 0 Å². The quantitative estimate of drug-likeness (QED) is 0.767. The molecule has 0 aromatic heterocycles. The number of hydrogen-bond donors (Lipinski definition) is 2. The minimum Gasteiger partial charge on any atom is -0.314 e. The van der Waals surface area contributed by atoms with Gasteiger partial charge in [0.05, 0.1) is 5.25 Å². The predicted octanol–water partition coefficient (Wildman–Crippen LogP) is 0.763. The Labute approximate surface area is 103 Å². The Hall–Kier alpha value is -0.620. The third kappa shape index (κ3) is 5.04. The molecule has 0 bridgehead atoms. The highest BCUT2D eigenvalue weighted by Gasteiger charge is 2.20. The monoisotopic (exact) mass is 262 g/mol. The number of rotatable bonds is 5. The molecule has 1 atom stereocenters. The van der Waals surface area contributed by atoms with Gasteiger partial charge in [-0.2, -0.15) is 0 Å². The zero-order valence-electron chi connectivity index (χ0n) is 10.5. The van der Waals surface area contributed by atoms with Crippen molar-refractivity contribution in [3.05, 3.63) is 0 Å². The van der Waals surface area contributed by atoms with Crippen molar-refractivity contribution in [2.24, 2.45) is 0 Å². The molecule has 0 radical (unpaired) electrons. The Morgan fingerprint density at radius 1 is 1.41 bits per heavy atom. The van der Waals surface area contributed by atoms with Gasteiger partial charge >= 0.3 is 0 Å². The Balaban J connectivity index is 2.30. The van der Waals surface area contributed by atoms with Crippen molar-refractivity contribution in [2.45, 2.75) is 57.2 Å². The third-order valence-corrected chi connectivity index (χ3v) is 4.76. The third-order valence-electron chi connectivity index (χ3n) is 3.01. The van der Waals surface area contributed by atoms with Gasteiger partial charge in [-0.05, 0) is 39.7 Å². The van der Waals surface area contributed by atoms with Crippen molar-refractivity contribution in [1.29, 1.82) is 0 Å². The molecule has 1 aliphatic rings. The number of piperidine rings is 1. The lowest BCUT2D eigenvalue weighted by Gasteiger charge is -2.23. The molecule has 6 heteroatoms. The van der Waals surface area contributed by atoms with E-state index in [9.17, 15) is 13.2 Å². The Kier molecular flexibility index (Phi) is 5.39. The zero-order valence-corrected chi connectivity index (χ0v) is 11.3.